The van der Waals surface area contributed by atoms with Crippen molar-refractivity contribution < 1.29 is 0 Å². The van der Waals surface area contributed by atoms with Gasteiger partial charge in [0.2, 0.25) is 17.8 Å². The number of rotatable bonds is 5. The first-order valence-electron chi connectivity index (χ1n) is 5.35. The lowest BCUT2D eigenvalue weighted by Gasteiger charge is -2.12. The molecular formula is C9H16N8. The van der Waals surface area contributed by atoms with Gasteiger partial charge >= 0.3 is 0 Å². The highest BCUT2D eigenvalue weighted by atomic mass is 15.3. The topological polar surface area (TPSA) is 111 Å². The molecule has 8 heteroatoms. The van der Waals surface area contributed by atoms with Crippen molar-refractivity contribution in [3.8, 4) is 0 Å². The molecule has 0 saturated heterocycles. The van der Waals surface area contributed by atoms with E-state index in [4.69, 9.17) is 5.53 Å². The van der Waals surface area contributed by atoms with Gasteiger partial charge in [0.1, 0.15) is 0 Å². The molecule has 0 aliphatic heterocycles. The first-order chi connectivity index (χ1) is 8.01. The third-order valence-electron chi connectivity index (χ3n) is 1.59. The van der Waals surface area contributed by atoms with Gasteiger partial charge in [0, 0.05) is 17.0 Å². The second-order valence-corrected chi connectivity index (χ2v) is 4.07. The van der Waals surface area contributed by atoms with Crippen LogP contribution in [0.1, 0.15) is 27.7 Å². The summed E-state index contributed by atoms with van der Waals surface area (Å²) in [6, 6.07) is 0.367. The molecule has 0 atom stereocenters. The Kier molecular flexibility index (Phi) is 4.47. The zero-order valence-electron chi connectivity index (χ0n) is 10.3. The Hall–Kier alpha value is -2.08. The molecule has 0 radical (unpaired) electrons. The molecule has 0 spiro atoms. The molecule has 0 aliphatic rings. The van der Waals surface area contributed by atoms with Crippen molar-refractivity contribution in [3.63, 3.8) is 0 Å². The van der Waals surface area contributed by atoms with E-state index in [1.54, 1.807) is 0 Å². The zero-order valence-corrected chi connectivity index (χ0v) is 10.3. The molecule has 0 amide bonds. The van der Waals surface area contributed by atoms with Crippen LogP contribution in [0.25, 0.3) is 10.4 Å². The fourth-order valence-corrected chi connectivity index (χ4v) is 1.09. The maximum atomic E-state index is 8.38. The van der Waals surface area contributed by atoms with Crippen molar-refractivity contribution in [2.45, 2.75) is 39.8 Å². The summed E-state index contributed by atoms with van der Waals surface area (Å²) in [5.41, 5.74) is 8.38. The molecule has 17 heavy (non-hydrogen) atoms. The predicted octanol–water partition coefficient (Wildman–Crippen LogP) is 2.45. The number of azide groups is 1. The molecule has 1 aromatic heterocycles. The van der Waals surface area contributed by atoms with Crippen LogP contribution in [0.2, 0.25) is 0 Å². The highest BCUT2D eigenvalue weighted by Crippen LogP contribution is 2.13. The lowest BCUT2D eigenvalue weighted by Crippen LogP contribution is -2.16. The molecular weight excluding hydrogens is 220 g/mol. The third-order valence-corrected chi connectivity index (χ3v) is 1.59. The van der Waals surface area contributed by atoms with Gasteiger partial charge < -0.3 is 10.6 Å². The normalized spacial score (nSPS) is 10.2. The smallest absolute Gasteiger partial charge is 0.228 e. The monoisotopic (exact) mass is 236 g/mol. The summed E-state index contributed by atoms with van der Waals surface area (Å²) in [5, 5.41) is 9.44. The van der Waals surface area contributed by atoms with E-state index in [0.717, 1.165) is 0 Å². The van der Waals surface area contributed by atoms with Crippen LogP contribution in [0, 0.1) is 0 Å². The van der Waals surface area contributed by atoms with Crippen LogP contribution in [0.15, 0.2) is 5.11 Å². The Balaban J connectivity index is 3.04. The summed E-state index contributed by atoms with van der Waals surface area (Å²) in [6.07, 6.45) is 0. The summed E-state index contributed by atoms with van der Waals surface area (Å²) in [6.45, 7) is 7.86. The lowest BCUT2D eigenvalue weighted by atomic mass is 10.4. The quantitative estimate of drug-likeness (QED) is 0.463. The first kappa shape index (κ1) is 13.0. The van der Waals surface area contributed by atoms with Crippen LogP contribution in [0.5, 0.6) is 0 Å². The van der Waals surface area contributed by atoms with Crippen molar-refractivity contribution >= 4 is 17.8 Å². The van der Waals surface area contributed by atoms with Crippen molar-refractivity contribution in [1.82, 2.24) is 15.0 Å². The van der Waals surface area contributed by atoms with Crippen LogP contribution in [0.3, 0.4) is 0 Å². The van der Waals surface area contributed by atoms with Crippen LogP contribution >= 0.6 is 0 Å². The van der Waals surface area contributed by atoms with Crippen LogP contribution < -0.4 is 10.6 Å². The molecule has 1 heterocycles. The van der Waals surface area contributed by atoms with E-state index in [0.29, 0.717) is 11.9 Å². The van der Waals surface area contributed by atoms with E-state index >= 15 is 0 Å². The van der Waals surface area contributed by atoms with Crippen molar-refractivity contribution in [1.29, 1.82) is 0 Å². The number of hydrogen-bond acceptors (Lipinski definition) is 6. The molecule has 0 fully saturated rings. The maximum Gasteiger partial charge on any atom is 0.228 e. The average Bonchev–Trinajstić information content (AvgIpc) is 2.14. The molecule has 0 saturated carbocycles. The Bertz CT molecular complexity index is 393. The summed E-state index contributed by atoms with van der Waals surface area (Å²) in [7, 11) is 0. The van der Waals surface area contributed by atoms with Gasteiger partial charge in [-0.3, -0.25) is 0 Å². The standard InChI is InChI=1S/C9H16N8/c1-5(2)11-7-13-8(12-6(3)4)15-9(14-7)16-17-10/h5-6H,1-4H3,(H2,11,12,13,14,15). The summed E-state index contributed by atoms with van der Waals surface area (Å²) in [4.78, 5) is 14.8. The molecule has 92 valence electrons. The maximum absolute atomic E-state index is 8.38. The van der Waals surface area contributed by atoms with Crippen LogP contribution in [0.4, 0.5) is 17.8 Å². The molecule has 0 unspecified atom stereocenters. The number of aromatic nitrogens is 3. The largest absolute Gasteiger partial charge is 0.352 e. The van der Waals surface area contributed by atoms with Gasteiger partial charge in [-0.05, 0) is 38.3 Å². The average molecular weight is 236 g/mol. The van der Waals surface area contributed by atoms with E-state index in [1.165, 1.54) is 0 Å². The van der Waals surface area contributed by atoms with Gasteiger partial charge in [0.25, 0.3) is 0 Å². The Morgan fingerprint density at radius 3 is 1.82 bits per heavy atom. The van der Waals surface area contributed by atoms with Gasteiger partial charge in [0.15, 0.2) is 0 Å². The number of nitrogens with zero attached hydrogens (tertiary/aromatic N) is 6. The minimum Gasteiger partial charge on any atom is -0.352 e. The lowest BCUT2D eigenvalue weighted by molar-refractivity contribution is 0.844. The van der Waals surface area contributed by atoms with Crippen molar-refractivity contribution in [2.24, 2.45) is 5.11 Å². The minimum absolute atomic E-state index is 0.0498. The van der Waals surface area contributed by atoms with Gasteiger partial charge in [-0.25, -0.2) is 0 Å². The number of anilines is 2. The summed E-state index contributed by atoms with van der Waals surface area (Å²) >= 11 is 0. The van der Waals surface area contributed by atoms with E-state index < -0.39 is 0 Å². The van der Waals surface area contributed by atoms with E-state index in [9.17, 15) is 0 Å². The van der Waals surface area contributed by atoms with Crippen molar-refractivity contribution in [3.05, 3.63) is 10.4 Å². The number of hydrogen-bond donors (Lipinski definition) is 2. The van der Waals surface area contributed by atoms with E-state index in [1.807, 2.05) is 27.7 Å². The molecule has 0 aliphatic carbocycles. The molecule has 8 nitrogen and oxygen atoms in total. The fourth-order valence-electron chi connectivity index (χ4n) is 1.09. The zero-order chi connectivity index (χ0) is 12.8. The van der Waals surface area contributed by atoms with E-state index in [-0.39, 0.29) is 18.0 Å². The molecule has 0 bridgehead atoms. The number of nitrogens with one attached hydrogen (secondary N) is 2. The van der Waals surface area contributed by atoms with E-state index in [2.05, 4.69) is 35.6 Å². The van der Waals surface area contributed by atoms with Crippen LogP contribution in [-0.2, 0) is 0 Å². The predicted molar refractivity (Wildman–Crippen MR) is 66.2 cm³/mol. The first-order valence-corrected chi connectivity index (χ1v) is 5.35. The molecule has 1 aromatic rings. The van der Waals surface area contributed by atoms with Crippen LogP contribution in [-0.4, -0.2) is 27.0 Å². The van der Waals surface area contributed by atoms with Gasteiger partial charge in [0.05, 0.1) is 0 Å². The molecule has 1 rings (SSSR count). The highest BCUT2D eigenvalue weighted by molar-refractivity contribution is 5.40. The summed E-state index contributed by atoms with van der Waals surface area (Å²) < 4.78 is 0. The summed E-state index contributed by atoms with van der Waals surface area (Å²) in [5.74, 6) is 0.829. The van der Waals surface area contributed by atoms with Gasteiger partial charge in [-0.2, -0.15) is 15.0 Å². The SMILES string of the molecule is CC(C)Nc1nc(N=[N+]=[N-])nc(NC(C)C)n1. The van der Waals surface area contributed by atoms with Gasteiger partial charge in [-0.15, -0.1) is 0 Å². The van der Waals surface area contributed by atoms with Crippen molar-refractivity contribution in [2.75, 3.05) is 10.6 Å². The molecule has 0 aromatic carbocycles. The molecule has 2 N–H and O–H groups in total. The fraction of sp³-hybridized carbons (Fsp3) is 0.667. The third kappa shape index (κ3) is 4.52. The second-order valence-electron chi connectivity index (χ2n) is 4.07. The minimum atomic E-state index is 0.0498. The van der Waals surface area contributed by atoms with Gasteiger partial charge in [-0.1, -0.05) is 0 Å². The Morgan fingerprint density at radius 1 is 1.00 bits per heavy atom. The second kappa shape index (κ2) is 5.86. The highest BCUT2D eigenvalue weighted by Gasteiger charge is 2.07. The Morgan fingerprint density at radius 2 is 1.47 bits per heavy atom. The Labute approximate surface area is 99.5 Å².